The Morgan fingerprint density at radius 1 is 1.33 bits per heavy atom. The van der Waals surface area contributed by atoms with Crippen LogP contribution in [0.3, 0.4) is 0 Å². The van der Waals surface area contributed by atoms with E-state index in [1.165, 1.54) is 13.2 Å². The summed E-state index contributed by atoms with van der Waals surface area (Å²) in [6.07, 6.45) is 1.87. The van der Waals surface area contributed by atoms with Gasteiger partial charge < -0.3 is 14.0 Å². The Hall–Kier alpha value is -1.33. The van der Waals surface area contributed by atoms with Gasteiger partial charge in [-0.15, -0.1) is 11.6 Å². The predicted octanol–water partition coefficient (Wildman–Crippen LogP) is 3.74. The van der Waals surface area contributed by atoms with Gasteiger partial charge in [-0.3, -0.25) is 0 Å². The molecule has 116 valence electrons. The second-order valence-electron chi connectivity index (χ2n) is 4.75. The molecular weight excluding hydrogens is 295 g/mol. The first-order valence-corrected chi connectivity index (χ1v) is 7.61. The molecule has 1 aromatic heterocycles. The van der Waals surface area contributed by atoms with Gasteiger partial charge in [0.05, 0.1) is 24.0 Å². The second-order valence-corrected chi connectivity index (χ2v) is 5.02. The zero-order valence-corrected chi connectivity index (χ0v) is 13.1. The Bertz CT molecular complexity index is 601. The van der Waals surface area contributed by atoms with Crippen molar-refractivity contribution in [3.63, 3.8) is 0 Å². The van der Waals surface area contributed by atoms with Crippen molar-refractivity contribution < 1.29 is 13.9 Å². The van der Waals surface area contributed by atoms with E-state index >= 15 is 0 Å². The van der Waals surface area contributed by atoms with E-state index in [-0.39, 0.29) is 11.6 Å². The van der Waals surface area contributed by atoms with Crippen molar-refractivity contribution in [3.8, 4) is 5.75 Å². The molecule has 0 saturated carbocycles. The van der Waals surface area contributed by atoms with Crippen LogP contribution in [0.4, 0.5) is 4.39 Å². The van der Waals surface area contributed by atoms with Gasteiger partial charge in [-0.1, -0.05) is 6.92 Å². The molecule has 0 bridgehead atoms. The maximum atomic E-state index is 13.7. The quantitative estimate of drug-likeness (QED) is 0.550. The number of hydrogen-bond acceptors (Lipinski definition) is 3. The summed E-state index contributed by atoms with van der Waals surface area (Å²) in [6.45, 7) is 4.27. The largest absolute Gasteiger partial charge is 0.494 e. The van der Waals surface area contributed by atoms with Crippen LogP contribution in [0.25, 0.3) is 11.0 Å². The maximum absolute atomic E-state index is 13.7. The first-order chi connectivity index (χ1) is 10.2. The highest BCUT2D eigenvalue weighted by Gasteiger charge is 2.14. The third kappa shape index (κ3) is 3.66. The summed E-state index contributed by atoms with van der Waals surface area (Å²) in [4.78, 5) is 4.38. The van der Waals surface area contributed by atoms with Gasteiger partial charge in [-0.05, 0) is 12.8 Å². The fraction of sp³-hybridized carbons (Fsp3) is 0.533. The lowest BCUT2D eigenvalue weighted by atomic mass is 10.2. The molecule has 6 heteroatoms. The van der Waals surface area contributed by atoms with Gasteiger partial charge >= 0.3 is 0 Å². The number of ether oxygens (including phenoxy) is 2. The van der Waals surface area contributed by atoms with E-state index in [0.717, 1.165) is 37.3 Å². The van der Waals surface area contributed by atoms with E-state index in [2.05, 4.69) is 11.9 Å². The molecule has 0 atom stereocenters. The number of imidazole rings is 1. The molecule has 0 amide bonds. The topological polar surface area (TPSA) is 36.3 Å². The van der Waals surface area contributed by atoms with Crippen LogP contribution in [-0.2, 0) is 17.2 Å². The van der Waals surface area contributed by atoms with E-state index in [9.17, 15) is 4.39 Å². The molecule has 0 fully saturated rings. The van der Waals surface area contributed by atoms with E-state index in [4.69, 9.17) is 21.1 Å². The van der Waals surface area contributed by atoms with Gasteiger partial charge in [0.1, 0.15) is 5.82 Å². The molecule has 2 aromatic rings. The van der Waals surface area contributed by atoms with Crippen LogP contribution in [0.2, 0.25) is 0 Å². The van der Waals surface area contributed by atoms with Crippen molar-refractivity contribution in [1.29, 1.82) is 0 Å². The molecule has 0 saturated heterocycles. The number of aromatic nitrogens is 2. The van der Waals surface area contributed by atoms with Crippen molar-refractivity contribution in [3.05, 3.63) is 23.8 Å². The highest BCUT2D eigenvalue weighted by atomic mass is 35.5. The van der Waals surface area contributed by atoms with Gasteiger partial charge in [0.2, 0.25) is 0 Å². The number of methoxy groups -OCH3 is 1. The fourth-order valence-corrected chi connectivity index (χ4v) is 2.46. The third-order valence-corrected chi connectivity index (χ3v) is 3.48. The van der Waals surface area contributed by atoms with Crippen molar-refractivity contribution in [2.45, 2.75) is 32.2 Å². The van der Waals surface area contributed by atoms with E-state index < -0.39 is 5.82 Å². The zero-order chi connectivity index (χ0) is 15.2. The lowest BCUT2D eigenvalue weighted by molar-refractivity contribution is 0.129. The Kier molecular flexibility index (Phi) is 5.82. The molecule has 1 aromatic carbocycles. The first-order valence-electron chi connectivity index (χ1n) is 7.07. The monoisotopic (exact) mass is 314 g/mol. The van der Waals surface area contributed by atoms with Crippen LogP contribution in [0, 0.1) is 5.82 Å². The molecular formula is C15H20ClFN2O2. The van der Waals surface area contributed by atoms with Crippen molar-refractivity contribution in [2.24, 2.45) is 0 Å². The minimum absolute atomic E-state index is 0.215. The van der Waals surface area contributed by atoms with Crippen molar-refractivity contribution in [2.75, 3.05) is 20.3 Å². The summed E-state index contributed by atoms with van der Waals surface area (Å²) in [5.41, 5.74) is 1.43. The number of rotatable bonds is 8. The van der Waals surface area contributed by atoms with Crippen molar-refractivity contribution >= 4 is 22.6 Å². The highest BCUT2D eigenvalue weighted by molar-refractivity contribution is 6.16. The molecule has 0 aliphatic carbocycles. The van der Waals surface area contributed by atoms with Crippen LogP contribution in [0.5, 0.6) is 5.75 Å². The smallest absolute Gasteiger partial charge is 0.167 e. The number of benzene rings is 1. The molecule has 2 rings (SSSR count). The lowest BCUT2D eigenvalue weighted by Crippen LogP contribution is -2.06. The van der Waals surface area contributed by atoms with Crippen LogP contribution in [0.1, 0.15) is 25.6 Å². The van der Waals surface area contributed by atoms with Gasteiger partial charge in [0.25, 0.3) is 0 Å². The molecule has 0 spiro atoms. The van der Waals surface area contributed by atoms with Gasteiger partial charge in [-0.25, -0.2) is 9.37 Å². The maximum Gasteiger partial charge on any atom is 0.167 e. The van der Waals surface area contributed by atoms with Crippen LogP contribution in [-0.4, -0.2) is 29.9 Å². The zero-order valence-electron chi connectivity index (χ0n) is 12.4. The average molecular weight is 315 g/mol. The molecule has 0 unspecified atom stereocenters. The molecule has 0 radical (unpaired) electrons. The molecule has 1 heterocycles. The van der Waals surface area contributed by atoms with Gasteiger partial charge in [0, 0.05) is 31.9 Å². The van der Waals surface area contributed by atoms with E-state index in [1.54, 1.807) is 6.07 Å². The Balaban J connectivity index is 2.23. The summed E-state index contributed by atoms with van der Waals surface area (Å²) in [6, 6.07) is 3.05. The summed E-state index contributed by atoms with van der Waals surface area (Å²) in [5, 5.41) is 0. The number of fused-ring (bicyclic) bond motifs is 1. The van der Waals surface area contributed by atoms with Crippen LogP contribution < -0.4 is 4.74 Å². The summed E-state index contributed by atoms with van der Waals surface area (Å²) in [5.74, 6) is 0.818. The normalized spacial score (nSPS) is 11.2. The molecule has 4 nitrogen and oxygen atoms in total. The van der Waals surface area contributed by atoms with Crippen molar-refractivity contribution in [1.82, 2.24) is 9.55 Å². The number of halogens is 2. The predicted molar refractivity (Wildman–Crippen MR) is 81.5 cm³/mol. The standard InChI is InChI=1S/C15H20ClFN2O2/c1-3-6-21-7-4-5-19-13-9-14(20-2)11(17)8-12(13)18-15(19)10-16/h8-9H,3-7,10H2,1-2H3. The lowest BCUT2D eigenvalue weighted by Gasteiger charge is -2.09. The van der Waals surface area contributed by atoms with Gasteiger partial charge in [0.15, 0.2) is 11.6 Å². The highest BCUT2D eigenvalue weighted by Crippen LogP contribution is 2.26. The average Bonchev–Trinajstić information content (AvgIpc) is 2.83. The van der Waals surface area contributed by atoms with E-state index in [1.807, 2.05) is 4.57 Å². The summed E-state index contributed by atoms with van der Waals surface area (Å²) in [7, 11) is 1.45. The number of hydrogen-bond donors (Lipinski definition) is 0. The minimum atomic E-state index is -0.415. The first kappa shape index (κ1) is 16.0. The van der Waals surface area contributed by atoms with Crippen LogP contribution >= 0.6 is 11.6 Å². The Morgan fingerprint density at radius 2 is 2.14 bits per heavy atom. The van der Waals surface area contributed by atoms with Crippen LogP contribution in [0.15, 0.2) is 12.1 Å². The number of alkyl halides is 1. The second kappa shape index (κ2) is 7.61. The molecule has 21 heavy (non-hydrogen) atoms. The summed E-state index contributed by atoms with van der Waals surface area (Å²) >= 11 is 5.94. The summed E-state index contributed by atoms with van der Waals surface area (Å²) < 4.78 is 26.2. The fourth-order valence-electron chi connectivity index (χ4n) is 2.26. The Labute approximate surface area is 128 Å². The molecule has 0 aliphatic rings. The molecule has 0 N–H and O–H groups in total. The Morgan fingerprint density at radius 3 is 2.81 bits per heavy atom. The SMILES string of the molecule is CCCOCCCn1c(CCl)nc2cc(F)c(OC)cc21. The van der Waals surface area contributed by atoms with Gasteiger partial charge in [-0.2, -0.15) is 0 Å². The number of nitrogens with zero attached hydrogens (tertiary/aromatic N) is 2. The van der Waals surface area contributed by atoms with E-state index in [0.29, 0.717) is 12.1 Å². The molecule has 0 aliphatic heterocycles. The third-order valence-electron chi connectivity index (χ3n) is 3.24. The minimum Gasteiger partial charge on any atom is -0.494 e. The number of aryl methyl sites for hydroxylation is 1.